The first kappa shape index (κ1) is 17.1. The molecule has 0 atom stereocenters. The first-order chi connectivity index (χ1) is 12.1. The highest BCUT2D eigenvalue weighted by Crippen LogP contribution is 2.17. The molecule has 2 aliphatic rings. The third kappa shape index (κ3) is 4.40. The van der Waals surface area contributed by atoms with Crippen LogP contribution < -0.4 is 10.6 Å². The first-order valence-electron chi connectivity index (χ1n) is 8.47. The van der Waals surface area contributed by atoms with Crippen molar-refractivity contribution in [2.45, 2.75) is 12.8 Å². The lowest BCUT2D eigenvalue weighted by atomic mass is 9.97. The second kappa shape index (κ2) is 7.87. The van der Waals surface area contributed by atoms with Gasteiger partial charge in [-0.05, 0) is 37.0 Å². The Kier molecular flexibility index (Phi) is 5.37. The van der Waals surface area contributed by atoms with Gasteiger partial charge in [-0.3, -0.25) is 4.79 Å². The fourth-order valence-corrected chi connectivity index (χ4v) is 2.99. The summed E-state index contributed by atoms with van der Waals surface area (Å²) in [7, 11) is 0. The zero-order chi connectivity index (χ0) is 17.6. The maximum atomic E-state index is 12.2. The van der Waals surface area contributed by atoms with Crippen molar-refractivity contribution in [1.82, 2.24) is 20.4 Å². The molecule has 0 radical (unpaired) electrons. The molecule has 0 unspecified atom stereocenters. The molecule has 8 nitrogen and oxygen atoms in total. The zero-order valence-electron chi connectivity index (χ0n) is 13.9. The summed E-state index contributed by atoms with van der Waals surface area (Å²) in [5.41, 5.74) is 0. The Bertz CT molecular complexity index is 648. The Labute approximate surface area is 145 Å². The van der Waals surface area contributed by atoms with Gasteiger partial charge in [0, 0.05) is 38.8 Å². The average Bonchev–Trinajstić information content (AvgIpc) is 3.29. The number of carbonyl (C=O) groups is 3. The van der Waals surface area contributed by atoms with Crippen molar-refractivity contribution in [2.24, 2.45) is 5.92 Å². The van der Waals surface area contributed by atoms with Crippen LogP contribution >= 0.6 is 0 Å². The van der Waals surface area contributed by atoms with E-state index in [4.69, 9.17) is 4.42 Å². The van der Waals surface area contributed by atoms with Crippen LogP contribution in [0.5, 0.6) is 0 Å². The van der Waals surface area contributed by atoms with Crippen molar-refractivity contribution in [3.8, 4) is 0 Å². The second-order valence-electron chi connectivity index (χ2n) is 6.19. The fraction of sp³-hybridized carbons (Fsp3) is 0.471. The lowest BCUT2D eigenvalue weighted by Gasteiger charge is -2.31. The highest BCUT2D eigenvalue weighted by Gasteiger charge is 2.27. The zero-order valence-corrected chi connectivity index (χ0v) is 13.9. The molecular weight excluding hydrogens is 324 g/mol. The molecule has 5 amide bonds. The van der Waals surface area contributed by atoms with Crippen molar-refractivity contribution in [1.29, 1.82) is 0 Å². The van der Waals surface area contributed by atoms with Crippen molar-refractivity contribution in [2.75, 3.05) is 32.7 Å². The molecule has 8 heteroatoms. The van der Waals surface area contributed by atoms with Crippen LogP contribution in [-0.4, -0.2) is 60.5 Å². The number of piperidine rings is 1. The quantitative estimate of drug-likeness (QED) is 0.803. The van der Waals surface area contributed by atoms with Gasteiger partial charge in [0.25, 0.3) is 0 Å². The molecule has 2 saturated heterocycles. The minimum absolute atomic E-state index is 0.0346. The molecule has 1 aromatic heterocycles. The van der Waals surface area contributed by atoms with Crippen molar-refractivity contribution in [3.63, 3.8) is 0 Å². The van der Waals surface area contributed by atoms with Gasteiger partial charge >= 0.3 is 12.1 Å². The summed E-state index contributed by atoms with van der Waals surface area (Å²) in [5.74, 6) is 0.928. The Morgan fingerprint density at radius 3 is 2.76 bits per heavy atom. The van der Waals surface area contributed by atoms with E-state index in [0.717, 1.165) is 12.8 Å². The average molecular weight is 346 g/mol. The van der Waals surface area contributed by atoms with Crippen molar-refractivity contribution in [3.05, 3.63) is 30.2 Å². The number of likely N-dealkylation sites (tertiary alicyclic amines) is 1. The van der Waals surface area contributed by atoms with E-state index in [1.165, 1.54) is 11.0 Å². The molecule has 0 spiro atoms. The molecule has 0 aromatic carbocycles. The van der Waals surface area contributed by atoms with Gasteiger partial charge in [0.1, 0.15) is 5.76 Å². The van der Waals surface area contributed by atoms with E-state index in [9.17, 15) is 14.4 Å². The van der Waals surface area contributed by atoms with Crippen LogP contribution in [0.4, 0.5) is 9.59 Å². The van der Waals surface area contributed by atoms with Crippen LogP contribution in [0.2, 0.25) is 0 Å². The molecule has 0 bridgehead atoms. The molecule has 2 fully saturated rings. The number of nitrogens with one attached hydrogen (secondary N) is 2. The maximum Gasteiger partial charge on any atom is 0.325 e. The number of urea groups is 2. The van der Waals surface area contributed by atoms with E-state index >= 15 is 0 Å². The summed E-state index contributed by atoms with van der Waals surface area (Å²) in [6.45, 7) is 2.74. The van der Waals surface area contributed by atoms with Gasteiger partial charge < -0.3 is 20.0 Å². The van der Waals surface area contributed by atoms with E-state index in [1.807, 2.05) is 0 Å². The van der Waals surface area contributed by atoms with Gasteiger partial charge in [-0.25, -0.2) is 14.5 Å². The predicted molar refractivity (Wildman–Crippen MR) is 90.5 cm³/mol. The molecule has 0 aliphatic carbocycles. The Balaban J connectivity index is 1.39. The van der Waals surface area contributed by atoms with E-state index < -0.39 is 0 Å². The van der Waals surface area contributed by atoms with Crippen molar-refractivity contribution < 1.29 is 18.8 Å². The van der Waals surface area contributed by atoms with E-state index in [2.05, 4.69) is 10.6 Å². The predicted octanol–water partition coefficient (Wildman–Crippen LogP) is 1.27. The molecule has 3 heterocycles. The molecule has 2 aliphatic heterocycles. The van der Waals surface area contributed by atoms with Crippen LogP contribution in [0, 0.1) is 5.92 Å². The van der Waals surface area contributed by atoms with Gasteiger partial charge in [-0.15, -0.1) is 0 Å². The third-order valence-corrected chi connectivity index (χ3v) is 4.50. The Morgan fingerprint density at radius 2 is 2.12 bits per heavy atom. The van der Waals surface area contributed by atoms with Gasteiger partial charge in [-0.1, -0.05) is 0 Å². The standard InChI is InChI=1S/C17H22N4O4/c22-15(4-3-14-2-1-11-25-14)20-8-5-13(6-9-20)12-19-17(24)21-10-7-18-16(21)23/h1-4,11,13H,5-10,12H2,(H,18,23)(H,19,24)/b4-3+. The summed E-state index contributed by atoms with van der Waals surface area (Å²) < 4.78 is 5.16. The minimum atomic E-state index is -0.352. The molecule has 2 N–H and O–H groups in total. The Hall–Kier alpha value is -2.77. The number of amides is 5. The first-order valence-corrected chi connectivity index (χ1v) is 8.47. The monoisotopic (exact) mass is 346 g/mol. The van der Waals surface area contributed by atoms with E-state index in [0.29, 0.717) is 44.4 Å². The topological polar surface area (TPSA) is 94.9 Å². The molecule has 3 rings (SSSR count). The minimum Gasteiger partial charge on any atom is -0.465 e. The lowest BCUT2D eigenvalue weighted by molar-refractivity contribution is -0.127. The SMILES string of the molecule is O=C(/C=C/c1ccco1)N1CCC(CNC(=O)N2CCNC2=O)CC1. The van der Waals surface area contributed by atoms with Crippen LogP contribution in [0.15, 0.2) is 28.9 Å². The second-order valence-corrected chi connectivity index (χ2v) is 6.19. The van der Waals surface area contributed by atoms with Crippen LogP contribution in [0.3, 0.4) is 0 Å². The fourth-order valence-electron chi connectivity index (χ4n) is 2.99. The number of rotatable bonds is 4. The number of furan rings is 1. The molecule has 0 saturated carbocycles. The van der Waals surface area contributed by atoms with Crippen LogP contribution in [0.1, 0.15) is 18.6 Å². The van der Waals surface area contributed by atoms with E-state index in [1.54, 1.807) is 29.4 Å². The van der Waals surface area contributed by atoms with Crippen LogP contribution in [0.25, 0.3) is 6.08 Å². The largest absolute Gasteiger partial charge is 0.465 e. The van der Waals surface area contributed by atoms with Gasteiger partial charge in [0.2, 0.25) is 5.91 Å². The Morgan fingerprint density at radius 1 is 1.32 bits per heavy atom. The summed E-state index contributed by atoms with van der Waals surface area (Å²) in [6, 6.07) is 2.87. The summed E-state index contributed by atoms with van der Waals surface area (Å²) in [5, 5.41) is 5.41. The highest BCUT2D eigenvalue weighted by atomic mass is 16.3. The maximum absolute atomic E-state index is 12.2. The summed E-state index contributed by atoms with van der Waals surface area (Å²) in [6.07, 6.45) is 6.40. The highest BCUT2D eigenvalue weighted by molar-refractivity contribution is 5.95. The number of carbonyl (C=O) groups excluding carboxylic acids is 3. The van der Waals surface area contributed by atoms with Gasteiger partial charge in [0.15, 0.2) is 0 Å². The smallest absolute Gasteiger partial charge is 0.325 e. The van der Waals surface area contributed by atoms with Gasteiger partial charge in [-0.2, -0.15) is 0 Å². The molecular formula is C17H22N4O4. The molecule has 1 aromatic rings. The number of hydrogen-bond acceptors (Lipinski definition) is 4. The summed E-state index contributed by atoms with van der Waals surface area (Å²) >= 11 is 0. The lowest BCUT2D eigenvalue weighted by Crippen LogP contribution is -2.45. The van der Waals surface area contributed by atoms with Crippen LogP contribution in [-0.2, 0) is 4.79 Å². The van der Waals surface area contributed by atoms with Crippen molar-refractivity contribution >= 4 is 24.0 Å². The summed E-state index contributed by atoms with van der Waals surface area (Å²) in [4.78, 5) is 38.5. The normalized spacial score (nSPS) is 18.6. The van der Waals surface area contributed by atoms with E-state index in [-0.39, 0.29) is 18.0 Å². The number of imide groups is 1. The number of hydrogen-bond donors (Lipinski definition) is 2. The molecule has 134 valence electrons. The van der Waals surface area contributed by atoms with Gasteiger partial charge in [0.05, 0.1) is 6.26 Å². The third-order valence-electron chi connectivity index (χ3n) is 4.50. The number of nitrogens with zero attached hydrogens (tertiary/aromatic N) is 2. The molecule has 25 heavy (non-hydrogen) atoms.